The van der Waals surface area contributed by atoms with E-state index < -0.39 is 45.3 Å². The Morgan fingerprint density at radius 1 is 0.907 bits per heavy atom. The van der Waals surface area contributed by atoms with Crippen LogP contribution in [0.4, 0.5) is 18.9 Å². The van der Waals surface area contributed by atoms with Crippen molar-refractivity contribution in [3.8, 4) is 11.1 Å². The molecule has 4 aromatic rings. The van der Waals surface area contributed by atoms with Gasteiger partial charge in [-0.25, -0.2) is 13.4 Å². The number of carbonyl (C=O) groups is 2. The molecule has 13 heteroatoms. The maximum Gasteiger partial charge on any atom is 0.416 e. The predicted molar refractivity (Wildman–Crippen MR) is 159 cm³/mol. The second-order valence-electron chi connectivity index (χ2n) is 11.1. The Morgan fingerprint density at radius 2 is 1.49 bits per heavy atom. The quantitative estimate of drug-likeness (QED) is 0.205. The maximum absolute atomic E-state index is 13.0. The Balaban J connectivity index is 1.44. The number of ether oxygens (including phenoxy) is 1. The van der Waals surface area contributed by atoms with Gasteiger partial charge in [-0.05, 0) is 80.3 Å². The van der Waals surface area contributed by atoms with Crippen molar-refractivity contribution in [2.75, 3.05) is 5.32 Å². The van der Waals surface area contributed by atoms with E-state index in [9.17, 15) is 31.2 Å². The van der Waals surface area contributed by atoms with E-state index in [0.717, 1.165) is 29.0 Å². The zero-order chi connectivity index (χ0) is 31.7. The molecule has 1 heterocycles. The first-order chi connectivity index (χ1) is 19.9. The summed E-state index contributed by atoms with van der Waals surface area (Å²) >= 11 is 0.986. The molecule has 0 spiro atoms. The van der Waals surface area contributed by atoms with Crippen molar-refractivity contribution in [1.82, 2.24) is 9.71 Å². The number of hydrogen-bond acceptors (Lipinski definition) is 7. The molecule has 8 nitrogen and oxygen atoms in total. The maximum atomic E-state index is 13.0. The lowest BCUT2D eigenvalue weighted by atomic mass is 10.1. The number of aromatic nitrogens is 1. The van der Waals surface area contributed by atoms with E-state index in [2.05, 4.69) is 15.0 Å². The normalized spacial score (nSPS) is 13.2. The summed E-state index contributed by atoms with van der Waals surface area (Å²) in [5.74, 6) is -1.57. The summed E-state index contributed by atoms with van der Waals surface area (Å²) in [6.45, 7) is 8.56. The highest BCUT2D eigenvalue weighted by atomic mass is 32.2. The minimum absolute atomic E-state index is 0.0208. The van der Waals surface area contributed by atoms with E-state index in [1.807, 2.05) is 0 Å². The fraction of sp³-hybridized carbons (Fsp3) is 0.300. The Bertz CT molecular complexity index is 1740. The van der Waals surface area contributed by atoms with Gasteiger partial charge in [0.15, 0.2) is 5.01 Å². The molecule has 0 fully saturated rings. The van der Waals surface area contributed by atoms with Crippen LogP contribution >= 0.6 is 11.3 Å². The van der Waals surface area contributed by atoms with Gasteiger partial charge in [0.25, 0.3) is 5.91 Å². The molecule has 0 aliphatic rings. The third-order valence-corrected chi connectivity index (χ3v) is 8.65. The van der Waals surface area contributed by atoms with Crippen LogP contribution in [0.15, 0.2) is 71.6 Å². The van der Waals surface area contributed by atoms with Gasteiger partial charge in [-0.2, -0.15) is 17.9 Å². The van der Waals surface area contributed by atoms with Crippen LogP contribution in [0.5, 0.6) is 0 Å². The number of anilines is 1. The first-order valence-electron chi connectivity index (χ1n) is 13.2. The highest BCUT2D eigenvalue weighted by Gasteiger charge is 2.32. The summed E-state index contributed by atoms with van der Waals surface area (Å²) in [7, 11) is -4.03. The summed E-state index contributed by atoms with van der Waals surface area (Å²) < 4.78 is 73.3. The highest BCUT2D eigenvalue weighted by Crippen LogP contribution is 2.33. The molecule has 0 saturated carbocycles. The van der Waals surface area contributed by atoms with E-state index in [1.54, 1.807) is 71.0 Å². The van der Waals surface area contributed by atoms with Gasteiger partial charge in [0.05, 0.1) is 20.7 Å². The Hall–Kier alpha value is -3.81. The van der Waals surface area contributed by atoms with Crippen molar-refractivity contribution in [2.24, 2.45) is 5.92 Å². The lowest BCUT2D eigenvalue weighted by Crippen LogP contribution is -2.47. The standard InChI is InChI=1S/C30H30F3N3O5S2/c1-17(2)25(28(38)41-29(3,4)5)36-43(39,40)22-13-8-19(9-14-22)18-6-11-21(12-7-18)34-26(37)27-35-23-16-20(30(31,32)33)10-15-24(23)42-27/h6-17,25,36H,1-5H3,(H,34,37). The summed E-state index contributed by atoms with van der Waals surface area (Å²) in [5.41, 5.74) is 0.365. The predicted octanol–water partition coefficient (Wildman–Crippen LogP) is 6.88. The number of halogens is 3. The van der Waals surface area contributed by atoms with Gasteiger partial charge in [0.1, 0.15) is 11.6 Å². The average Bonchev–Trinajstić information content (AvgIpc) is 3.35. The molecule has 2 N–H and O–H groups in total. The number of rotatable bonds is 8. The van der Waals surface area contributed by atoms with Crippen molar-refractivity contribution in [2.45, 2.75) is 57.3 Å². The number of thiazole rings is 1. The average molecular weight is 634 g/mol. The number of nitrogens with zero attached hydrogens (tertiary/aromatic N) is 1. The Morgan fingerprint density at radius 3 is 2.02 bits per heavy atom. The number of benzene rings is 3. The lowest BCUT2D eigenvalue weighted by molar-refractivity contribution is -0.158. The smallest absolute Gasteiger partial charge is 0.416 e. The van der Waals surface area contributed by atoms with Crippen molar-refractivity contribution in [1.29, 1.82) is 0 Å². The molecule has 0 saturated heterocycles. The molecular weight excluding hydrogens is 603 g/mol. The number of fused-ring (bicyclic) bond motifs is 1. The molecule has 1 amide bonds. The topological polar surface area (TPSA) is 114 Å². The van der Waals surface area contributed by atoms with Crippen LogP contribution in [0.25, 0.3) is 21.3 Å². The number of nitrogens with one attached hydrogen (secondary N) is 2. The van der Waals surface area contributed by atoms with E-state index in [4.69, 9.17) is 4.74 Å². The van der Waals surface area contributed by atoms with Crippen LogP contribution in [0.3, 0.4) is 0 Å². The zero-order valence-corrected chi connectivity index (χ0v) is 25.6. The summed E-state index contributed by atoms with van der Waals surface area (Å²) in [5, 5.41) is 2.71. The minimum Gasteiger partial charge on any atom is -0.459 e. The fourth-order valence-electron chi connectivity index (χ4n) is 4.01. The summed E-state index contributed by atoms with van der Waals surface area (Å²) in [6, 6.07) is 14.9. The number of esters is 1. The van der Waals surface area contributed by atoms with Crippen molar-refractivity contribution < 1.29 is 35.9 Å². The molecule has 0 radical (unpaired) electrons. The largest absolute Gasteiger partial charge is 0.459 e. The van der Waals surface area contributed by atoms with Gasteiger partial charge < -0.3 is 10.1 Å². The Labute approximate surface area is 251 Å². The van der Waals surface area contributed by atoms with E-state index in [0.29, 0.717) is 16.0 Å². The molecule has 43 heavy (non-hydrogen) atoms. The second-order valence-corrected chi connectivity index (χ2v) is 13.9. The van der Waals surface area contributed by atoms with Gasteiger partial charge in [0.2, 0.25) is 10.0 Å². The summed E-state index contributed by atoms with van der Waals surface area (Å²) in [4.78, 5) is 29.3. The number of alkyl halides is 3. The number of carbonyl (C=O) groups excluding carboxylic acids is 2. The van der Waals surface area contributed by atoms with Crippen LogP contribution in [-0.4, -0.2) is 36.9 Å². The molecule has 228 valence electrons. The highest BCUT2D eigenvalue weighted by molar-refractivity contribution is 7.89. The third-order valence-electron chi connectivity index (χ3n) is 6.16. The molecule has 0 aliphatic carbocycles. The molecule has 0 aliphatic heterocycles. The monoisotopic (exact) mass is 633 g/mol. The molecular formula is C30H30F3N3O5S2. The molecule has 1 unspecified atom stereocenters. The van der Waals surface area contributed by atoms with Crippen LogP contribution in [0.2, 0.25) is 0 Å². The zero-order valence-electron chi connectivity index (χ0n) is 23.9. The lowest BCUT2D eigenvalue weighted by Gasteiger charge is -2.26. The second kappa shape index (κ2) is 12.1. The first kappa shape index (κ1) is 32.1. The minimum atomic E-state index is -4.51. The van der Waals surface area contributed by atoms with E-state index >= 15 is 0 Å². The van der Waals surface area contributed by atoms with Crippen LogP contribution < -0.4 is 10.0 Å². The van der Waals surface area contributed by atoms with E-state index in [1.165, 1.54) is 18.2 Å². The van der Waals surface area contributed by atoms with Gasteiger partial charge >= 0.3 is 12.1 Å². The van der Waals surface area contributed by atoms with Crippen LogP contribution in [0, 0.1) is 5.92 Å². The summed E-state index contributed by atoms with van der Waals surface area (Å²) in [6.07, 6.45) is -4.51. The number of sulfonamides is 1. The number of amides is 1. The molecule has 3 aromatic carbocycles. The van der Waals surface area contributed by atoms with E-state index in [-0.39, 0.29) is 21.3 Å². The van der Waals surface area contributed by atoms with Gasteiger partial charge in [-0.1, -0.05) is 38.1 Å². The third kappa shape index (κ3) is 7.98. The first-order valence-corrected chi connectivity index (χ1v) is 15.5. The number of hydrogen-bond donors (Lipinski definition) is 2. The Kier molecular flexibility index (Phi) is 9.00. The van der Waals surface area contributed by atoms with Gasteiger partial charge in [-0.3, -0.25) is 9.59 Å². The SMILES string of the molecule is CC(C)C(NS(=O)(=O)c1ccc(-c2ccc(NC(=O)c3nc4cc(C(F)(F)F)ccc4s3)cc2)cc1)C(=O)OC(C)(C)C. The fourth-order valence-corrected chi connectivity index (χ4v) is 6.19. The van der Waals surface area contributed by atoms with Crippen molar-refractivity contribution >= 4 is 49.1 Å². The van der Waals surface area contributed by atoms with Crippen LogP contribution in [-0.2, 0) is 25.7 Å². The molecule has 0 bridgehead atoms. The van der Waals surface area contributed by atoms with Crippen LogP contribution in [0.1, 0.15) is 50.0 Å². The van der Waals surface area contributed by atoms with Gasteiger partial charge in [-0.15, -0.1) is 11.3 Å². The molecule has 4 rings (SSSR count). The van der Waals surface area contributed by atoms with Crippen molar-refractivity contribution in [3.63, 3.8) is 0 Å². The molecule has 1 aromatic heterocycles. The van der Waals surface area contributed by atoms with Crippen molar-refractivity contribution in [3.05, 3.63) is 77.3 Å². The molecule has 1 atom stereocenters. The van der Waals surface area contributed by atoms with Gasteiger partial charge in [0, 0.05) is 5.69 Å².